The second-order valence-electron chi connectivity index (χ2n) is 2.51. The first-order valence-electron chi connectivity index (χ1n) is 4.47. The summed E-state index contributed by atoms with van der Waals surface area (Å²) in [5, 5.41) is 0. The molecular weight excluding hydrogens is 156 g/mol. The third-order valence-electron chi connectivity index (χ3n) is 1.33. The minimum atomic E-state index is 0.591. The van der Waals surface area contributed by atoms with Crippen molar-refractivity contribution >= 4 is 0 Å². The summed E-state index contributed by atoms with van der Waals surface area (Å²) in [6.45, 7) is 4.18. The predicted molar refractivity (Wildman–Crippen MR) is 49.0 cm³/mol. The lowest BCUT2D eigenvalue weighted by atomic mass is 10.4. The van der Waals surface area contributed by atoms with Gasteiger partial charge in [0.2, 0.25) is 0 Å². The van der Waals surface area contributed by atoms with E-state index in [0.29, 0.717) is 19.7 Å². The highest BCUT2D eigenvalue weighted by atomic mass is 16.5. The molecule has 0 aromatic rings. The summed E-state index contributed by atoms with van der Waals surface area (Å²) in [6, 6.07) is 0. The van der Waals surface area contributed by atoms with Gasteiger partial charge in [-0.2, -0.15) is 0 Å². The molecule has 0 aliphatic heterocycles. The van der Waals surface area contributed by atoms with Crippen LogP contribution < -0.4 is 11.5 Å². The van der Waals surface area contributed by atoms with Crippen molar-refractivity contribution < 1.29 is 9.47 Å². The van der Waals surface area contributed by atoms with Gasteiger partial charge in [0, 0.05) is 26.4 Å². The second kappa shape index (κ2) is 10.8. The van der Waals surface area contributed by atoms with Crippen molar-refractivity contribution in [2.24, 2.45) is 11.5 Å². The highest BCUT2D eigenvalue weighted by Gasteiger charge is 1.89. The summed E-state index contributed by atoms with van der Waals surface area (Å²) < 4.78 is 10.4. The van der Waals surface area contributed by atoms with Crippen LogP contribution >= 0.6 is 0 Å². The first-order chi connectivity index (χ1) is 5.91. The van der Waals surface area contributed by atoms with Crippen LogP contribution in [0, 0.1) is 0 Å². The Bertz CT molecular complexity index is 71.5. The van der Waals surface area contributed by atoms with Crippen molar-refractivity contribution in [2.45, 2.75) is 12.8 Å². The van der Waals surface area contributed by atoms with Gasteiger partial charge in [0.05, 0.1) is 6.61 Å². The van der Waals surface area contributed by atoms with E-state index in [1.807, 2.05) is 0 Å². The number of nitrogens with two attached hydrogens (primary N) is 2. The summed E-state index contributed by atoms with van der Waals surface area (Å²) in [7, 11) is 0. The van der Waals surface area contributed by atoms with Gasteiger partial charge in [0.25, 0.3) is 0 Å². The Morgan fingerprint density at radius 2 is 1.25 bits per heavy atom. The first-order valence-corrected chi connectivity index (χ1v) is 4.47. The number of ether oxygens (including phenoxy) is 2. The average molecular weight is 176 g/mol. The summed E-state index contributed by atoms with van der Waals surface area (Å²) in [4.78, 5) is 0. The quantitative estimate of drug-likeness (QED) is 0.474. The lowest BCUT2D eigenvalue weighted by molar-refractivity contribution is 0.0854. The van der Waals surface area contributed by atoms with E-state index >= 15 is 0 Å². The van der Waals surface area contributed by atoms with Crippen molar-refractivity contribution in [3.63, 3.8) is 0 Å². The van der Waals surface area contributed by atoms with Crippen LogP contribution in [0.15, 0.2) is 0 Å². The van der Waals surface area contributed by atoms with Gasteiger partial charge in [-0.15, -0.1) is 0 Å². The molecule has 12 heavy (non-hydrogen) atoms. The lowest BCUT2D eigenvalue weighted by Crippen LogP contribution is -2.10. The number of rotatable bonds is 9. The Morgan fingerprint density at radius 3 is 1.83 bits per heavy atom. The van der Waals surface area contributed by atoms with Gasteiger partial charge < -0.3 is 20.9 Å². The van der Waals surface area contributed by atoms with Gasteiger partial charge in [-0.3, -0.25) is 0 Å². The topological polar surface area (TPSA) is 70.5 Å². The average Bonchev–Trinajstić information content (AvgIpc) is 2.10. The first kappa shape index (κ1) is 11.8. The molecule has 4 N–H and O–H groups in total. The third-order valence-corrected chi connectivity index (χ3v) is 1.33. The fraction of sp³-hybridized carbons (Fsp3) is 1.00. The van der Waals surface area contributed by atoms with E-state index in [-0.39, 0.29) is 0 Å². The molecular formula is C8H20N2O2. The molecule has 0 amide bonds. The summed E-state index contributed by atoms with van der Waals surface area (Å²) in [6.07, 6.45) is 1.87. The van der Waals surface area contributed by atoms with Crippen LogP contribution in [0.4, 0.5) is 0 Å². The van der Waals surface area contributed by atoms with E-state index in [1.54, 1.807) is 0 Å². The van der Waals surface area contributed by atoms with E-state index in [4.69, 9.17) is 20.9 Å². The standard InChI is InChI=1S/C8H20N2O2/c9-3-1-5-11-6-2-7-12-8-4-10/h1-10H2. The molecule has 0 aromatic carbocycles. The highest BCUT2D eigenvalue weighted by Crippen LogP contribution is 1.86. The molecule has 0 saturated carbocycles. The molecule has 0 spiro atoms. The van der Waals surface area contributed by atoms with Crippen LogP contribution in [-0.4, -0.2) is 39.5 Å². The zero-order valence-electron chi connectivity index (χ0n) is 7.63. The Morgan fingerprint density at radius 1 is 0.667 bits per heavy atom. The summed E-state index contributed by atoms with van der Waals surface area (Å²) in [5.41, 5.74) is 10.5. The van der Waals surface area contributed by atoms with E-state index in [1.165, 1.54) is 0 Å². The summed E-state index contributed by atoms with van der Waals surface area (Å²) >= 11 is 0. The van der Waals surface area contributed by atoms with Gasteiger partial charge in [0.15, 0.2) is 0 Å². The minimum absolute atomic E-state index is 0.591. The Kier molecular flexibility index (Phi) is 10.7. The van der Waals surface area contributed by atoms with Gasteiger partial charge in [-0.05, 0) is 19.4 Å². The Balaban J connectivity index is 2.73. The maximum Gasteiger partial charge on any atom is 0.0588 e. The molecule has 74 valence electrons. The van der Waals surface area contributed by atoms with Crippen LogP contribution in [0.25, 0.3) is 0 Å². The van der Waals surface area contributed by atoms with E-state index in [9.17, 15) is 0 Å². The van der Waals surface area contributed by atoms with Gasteiger partial charge in [-0.25, -0.2) is 0 Å². The molecule has 0 bridgehead atoms. The van der Waals surface area contributed by atoms with Gasteiger partial charge >= 0.3 is 0 Å². The van der Waals surface area contributed by atoms with Crippen LogP contribution in [0.5, 0.6) is 0 Å². The third kappa shape index (κ3) is 9.84. The largest absolute Gasteiger partial charge is 0.381 e. The van der Waals surface area contributed by atoms with Crippen LogP contribution in [-0.2, 0) is 9.47 Å². The number of hydrogen-bond acceptors (Lipinski definition) is 4. The monoisotopic (exact) mass is 176 g/mol. The highest BCUT2D eigenvalue weighted by molar-refractivity contribution is 4.38. The molecule has 4 heteroatoms. The normalized spacial score (nSPS) is 10.5. The molecule has 0 atom stereocenters. The van der Waals surface area contributed by atoms with Gasteiger partial charge in [-0.1, -0.05) is 0 Å². The maximum absolute atomic E-state index is 5.29. The minimum Gasteiger partial charge on any atom is -0.381 e. The van der Waals surface area contributed by atoms with E-state index < -0.39 is 0 Å². The molecule has 0 heterocycles. The molecule has 0 aliphatic rings. The van der Waals surface area contributed by atoms with Crippen LogP contribution in [0.3, 0.4) is 0 Å². The van der Waals surface area contributed by atoms with Crippen molar-refractivity contribution in [3.05, 3.63) is 0 Å². The smallest absolute Gasteiger partial charge is 0.0588 e. The SMILES string of the molecule is NCCCOCCCOCCN. The second-order valence-corrected chi connectivity index (χ2v) is 2.51. The molecule has 0 aliphatic carbocycles. The molecule has 0 rings (SSSR count). The fourth-order valence-corrected chi connectivity index (χ4v) is 0.736. The molecule has 0 unspecified atom stereocenters. The molecule has 0 fully saturated rings. The van der Waals surface area contributed by atoms with Crippen molar-refractivity contribution in [2.75, 3.05) is 39.5 Å². The molecule has 0 saturated heterocycles. The fourth-order valence-electron chi connectivity index (χ4n) is 0.736. The lowest BCUT2D eigenvalue weighted by Gasteiger charge is -2.03. The zero-order chi connectivity index (χ0) is 9.07. The maximum atomic E-state index is 5.29. The van der Waals surface area contributed by atoms with Gasteiger partial charge in [0.1, 0.15) is 0 Å². The van der Waals surface area contributed by atoms with E-state index in [0.717, 1.165) is 32.7 Å². The molecule has 0 aromatic heterocycles. The molecule has 4 nitrogen and oxygen atoms in total. The van der Waals surface area contributed by atoms with Crippen molar-refractivity contribution in [1.82, 2.24) is 0 Å². The number of hydrogen-bond donors (Lipinski definition) is 2. The summed E-state index contributed by atoms with van der Waals surface area (Å²) in [5.74, 6) is 0. The zero-order valence-corrected chi connectivity index (χ0v) is 7.63. The Hall–Kier alpha value is -0.160. The van der Waals surface area contributed by atoms with Crippen LogP contribution in [0.2, 0.25) is 0 Å². The predicted octanol–water partition coefficient (Wildman–Crippen LogP) is -0.283. The molecule has 0 radical (unpaired) electrons. The van der Waals surface area contributed by atoms with Crippen molar-refractivity contribution in [3.8, 4) is 0 Å². The van der Waals surface area contributed by atoms with Crippen molar-refractivity contribution in [1.29, 1.82) is 0 Å². The Labute approximate surface area is 74.2 Å². The van der Waals surface area contributed by atoms with E-state index in [2.05, 4.69) is 0 Å². The van der Waals surface area contributed by atoms with Crippen LogP contribution in [0.1, 0.15) is 12.8 Å².